The molecule has 2 atom stereocenters. The minimum atomic E-state index is -0.497. The average molecular weight is 298 g/mol. The summed E-state index contributed by atoms with van der Waals surface area (Å²) < 4.78 is 5.74. The highest BCUT2D eigenvalue weighted by molar-refractivity contribution is 5.85. The first-order valence-electron chi connectivity index (χ1n) is 8.74. The van der Waals surface area contributed by atoms with E-state index in [1.54, 1.807) is 0 Å². The van der Waals surface area contributed by atoms with E-state index in [9.17, 15) is 4.79 Å². The second-order valence-electron chi connectivity index (χ2n) is 6.34. The summed E-state index contributed by atoms with van der Waals surface area (Å²) in [5.41, 5.74) is 5.10. The molecule has 1 aliphatic rings. The van der Waals surface area contributed by atoms with Crippen LogP contribution in [0.3, 0.4) is 0 Å². The molecule has 0 aliphatic heterocycles. The van der Waals surface area contributed by atoms with E-state index in [1.165, 1.54) is 32.1 Å². The van der Waals surface area contributed by atoms with Gasteiger partial charge in [0.1, 0.15) is 5.54 Å². The van der Waals surface area contributed by atoms with E-state index >= 15 is 0 Å². The number of primary amides is 1. The quantitative estimate of drug-likeness (QED) is 0.544. The molecule has 2 unspecified atom stereocenters. The summed E-state index contributed by atoms with van der Waals surface area (Å²) in [4.78, 5) is 11.7. The molecule has 0 bridgehead atoms. The number of nitrogens with two attached hydrogens (primary N) is 1. The van der Waals surface area contributed by atoms with Crippen LogP contribution >= 0.6 is 0 Å². The molecule has 0 saturated heterocycles. The van der Waals surface area contributed by atoms with Crippen molar-refractivity contribution in [1.29, 1.82) is 0 Å². The molecule has 1 fully saturated rings. The van der Waals surface area contributed by atoms with Crippen molar-refractivity contribution in [2.24, 2.45) is 11.7 Å². The van der Waals surface area contributed by atoms with Gasteiger partial charge >= 0.3 is 0 Å². The Morgan fingerprint density at radius 3 is 2.62 bits per heavy atom. The molecule has 4 heteroatoms. The van der Waals surface area contributed by atoms with Gasteiger partial charge in [0, 0.05) is 13.2 Å². The summed E-state index contributed by atoms with van der Waals surface area (Å²) in [6, 6.07) is 0. The van der Waals surface area contributed by atoms with Gasteiger partial charge in [-0.25, -0.2) is 0 Å². The lowest BCUT2D eigenvalue weighted by molar-refractivity contribution is -0.125. The van der Waals surface area contributed by atoms with Gasteiger partial charge in [-0.15, -0.1) is 0 Å². The van der Waals surface area contributed by atoms with E-state index in [0.717, 1.165) is 45.3 Å². The molecule has 0 aromatic rings. The number of amides is 1. The minimum absolute atomic E-state index is 0.205. The van der Waals surface area contributed by atoms with E-state index in [1.807, 2.05) is 7.05 Å². The molecular formula is C17H34N2O2. The number of ether oxygens (including phenoxy) is 1. The fraction of sp³-hybridized carbons (Fsp3) is 0.941. The molecule has 1 amide bonds. The Labute approximate surface area is 130 Å². The minimum Gasteiger partial charge on any atom is -0.381 e. The predicted octanol–water partition coefficient (Wildman–Crippen LogP) is 3.00. The second kappa shape index (κ2) is 10.2. The molecule has 0 aromatic heterocycles. The molecule has 124 valence electrons. The Kier molecular flexibility index (Phi) is 8.93. The van der Waals surface area contributed by atoms with Gasteiger partial charge in [-0.3, -0.25) is 4.79 Å². The van der Waals surface area contributed by atoms with Crippen LogP contribution in [0, 0.1) is 5.92 Å². The van der Waals surface area contributed by atoms with Crippen LogP contribution in [0.1, 0.15) is 71.1 Å². The van der Waals surface area contributed by atoms with Crippen LogP contribution in [0.15, 0.2) is 0 Å². The number of hydrogen-bond acceptors (Lipinski definition) is 3. The summed E-state index contributed by atoms with van der Waals surface area (Å²) in [7, 11) is 1.85. The third-order valence-corrected chi connectivity index (χ3v) is 4.96. The van der Waals surface area contributed by atoms with Gasteiger partial charge in [0.05, 0.1) is 0 Å². The maximum atomic E-state index is 11.7. The summed E-state index contributed by atoms with van der Waals surface area (Å²) in [5, 5.41) is 3.18. The Morgan fingerprint density at radius 2 is 1.95 bits per heavy atom. The van der Waals surface area contributed by atoms with Crippen molar-refractivity contribution in [2.45, 2.75) is 76.7 Å². The third kappa shape index (κ3) is 5.59. The first-order chi connectivity index (χ1) is 10.2. The lowest BCUT2D eigenvalue weighted by atomic mass is 9.84. The molecule has 0 spiro atoms. The highest BCUT2D eigenvalue weighted by Crippen LogP contribution is 2.37. The largest absolute Gasteiger partial charge is 0.381 e. The molecule has 3 N–H and O–H groups in total. The standard InChI is InChI=1S/C17H34N2O2/c1-3-4-5-6-7-8-13-21-14-11-15-10-9-12-17(15,19-2)16(18)20/h15,19H,3-14H2,1-2H3,(H2,18,20). The monoisotopic (exact) mass is 298 g/mol. The molecule has 0 radical (unpaired) electrons. The molecule has 0 aromatic carbocycles. The fourth-order valence-electron chi connectivity index (χ4n) is 3.56. The van der Waals surface area contributed by atoms with Crippen LogP contribution in [0.25, 0.3) is 0 Å². The van der Waals surface area contributed by atoms with Crippen LogP contribution in [0.5, 0.6) is 0 Å². The van der Waals surface area contributed by atoms with Crippen molar-refractivity contribution in [2.75, 3.05) is 20.3 Å². The lowest BCUT2D eigenvalue weighted by Gasteiger charge is -2.32. The zero-order valence-corrected chi connectivity index (χ0v) is 14.0. The van der Waals surface area contributed by atoms with E-state index in [0.29, 0.717) is 5.92 Å². The summed E-state index contributed by atoms with van der Waals surface area (Å²) in [6.07, 6.45) is 11.7. The third-order valence-electron chi connectivity index (χ3n) is 4.96. The lowest BCUT2D eigenvalue weighted by Crippen LogP contribution is -2.56. The average Bonchev–Trinajstić information content (AvgIpc) is 2.89. The van der Waals surface area contributed by atoms with Gasteiger partial charge in [0.25, 0.3) is 0 Å². The highest BCUT2D eigenvalue weighted by Gasteiger charge is 2.46. The molecule has 1 saturated carbocycles. The topological polar surface area (TPSA) is 64.3 Å². The van der Waals surface area contributed by atoms with Crippen LogP contribution in [-0.4, -0.2) is 31.7 Å². The van der Waals surface area contributed by atoms with E-state index in [4.69, 9.17) is 10.5 Å². The first-order valence-corrected chi connectivity index (χ1v) is 8.74. The van der Waals surface area contributed by atoms with E-state index in [2.05, 4.69) is 12.2 Å². The summed E-state index contributed by atoms with van der Waals surface area (Å²) in [6.45, 7) is 3.84. The van der Waals surface area contributed by atoms with Crippen LogP contribution in [-0.2, 0) is 9.53 Å². The molecule has 0 heterocycles. The van der Waals surface area contributed by atoms with Gasteiger partial charge in [-0.1, -0.05) is 45.4 Å². The number of likely N-dealkylation sites (N-methyl/N-ethyl adjacent to an activating group) is 1. The number of nitrogens with one attached hydrogen (secondary N) is 1. The zero-order chi connectivity index (χ0) is 15.6. The highest BCUT2D eigenvalue weighted by atomic mass is 16.5. The van der Waals surface area contributed by atoms with Gasteiger partial charge in [0.15, 0.2) is 0 Å². The fourth-order valence-corrected chi connectivity index (χ4v) is 3.56. The van der Waals surface area contributed by atoms with Crippen molar-refractivity contribution in [1.82, 2.24) is 5.32 Å². The molecule has 1 aliphatic carbocycles. The SMILES string of the molecule is CCCCCCCCOCCC1CCCC1(NC)C(N)=O. The van der Waals surface area contributed by atoms with E-state index < -0.39 is 5.54 Å². The smallest absolute Gasteiger partial charge is 0.238 e. The second-order valence-corrected chi connectivity index (χ2v) is 6.34. The van der Waals surface area contributed by atoms with Crippen molar-refractivity contribution >= 4 is 5.91 Å². The van der Waals surface area contributed by atoms with Crippen LogP contribution in [0.2, 0.25) is 0 Å². The van der Waals surface area contributed by atoms with Crippen molar-refractivity contribution in [3.63, 3.8) is 0 Å². The van der Waals surface area contributed by atoms with Crippen LogP contribution in [0.4, 0.5) is 0 Å². The molecule has 1 rings (SSSR count). The first kappa shape index (κ1) is 18.4. The normalized spacial score (nSPS) is 25.3. The summed E-state index contributed by atoms with van der Waals surface area (Å²) >= 11 is 0. The molecule has 21 heavy (non-hydrogen) atoms. The van der Waals surface area contributed by atoms with Crippen molar-refractivity contribution in [3.8, 4) is 0 Å². The summed E-state index contributed by atoms with van der Waals surface area (Å²) in [5.74, 6) is 0.118. The van der Waals surface area contributed by atoms with Crippen LogP contribution < -0.4 is 11.1 Å². The van der Waals surface area contributed by atoms with Crippen molar-refractivity contribution < 1.29 is 9.53 Å². The zero-order valence-electron chi connectivity index (χ0n) is 14.0. The molecule has 4 nitrogen and oxygen atoms in total. The van der Waals surface area contributed by atoms with Gasteiger partial charge < -0.3 is 15.8 Å². The number of carbonyl (C=O) groups excluding carboxylic acids is 1. The Bertz CT molecular complexity index is 297. The Morgan fingerprint density at radius 1 is 1.24 bits per heavy atom. The maximum absolute atomic E-state index is 11.7. The van der Waals surface area contributed by atoms with Crippen molar-refractivity contribution in [3.05, 3.63) is 0 Å². The van der Waals surface area contributed by atoms with Gasteiger partial charge in [0.2, 0.25) is 5.91 Å². The Hall–Kier alpha value is -0.610. The number of carbonyl (C=O) groups is 1. The Balaban J connectivity index is 2.11. The maximum Gasteiger partial charge on any atom is 0.238 e. The number of hydrogen-bond donors (Lipinski definition) is 2. The van der Waals surface area contributed by atoms with Gasteiger partial charge in [-0.05, 0) is 38.6 Å². The number of unbranched alkanes of at least 4 members (excludes halogenated alkanes) is 5. The number of rotatable bonds is 12. The predicted molar refractivity (Wildman–Crippen MR) is 87.1 cm³/mol. The van der Waals surface area contributed by atoms with E-state index in [-0.39, 0.29) is 5.91 Å². The molecular weight excluding hydrogens is 264 g/mol. The van der Waals surface area contributed by atoms with Gasteiger partial charge in [-0.2, -0.15) is 0 Å².